The minimum absolute atomic E-state index is 0. The topological polar surface area (TPSA) is 55.4 Å². The Labute approximate surface area is 186 Å². The number of para-hydroxylation sites is 1. The molecule has 3 rings (SSSR count). The van der Waals surface area contributed by atoms with Gasteiger partial charge in [0.25, 0.3) is 0 Å². The maximum absolute atomic E-state index is 4.42. The molecule has 6 heteroatoms. The third-order valence-electron chi connectivity index (χ3n) is 5.65. The van der Waals surface area contributed by atoms with E-state index in [4.69, 9.17) is 0 Å². The Morgan fingerprint density at radius 2 is 2.00 bits per heavy atom. The monoisotopic (exact) mass is 497 g/mol. The van der Waals surface area contributed by atoms with Crippen molar-refractivity contribution in [2.24, 2.45) is 4.99 Å². The second kappa shape index (κ2) is 11.7. The Morgan fingerprint density at radius 3 is 2.68 bits per heavy atom. The maximum atomic E-state index is 4.42. The van der Waals surface area contributed by atoms with E-state index in [0.717, 1.165) is 25.3 Å². The molecule has 2 heterocycles. The lowest BCUT2D eigenvalue weighted by Gasteiger charge is -2.32. The average molecular weight is 497 g/mol. The highest BCUT2D eigenvalue weighted by atomic mass is 127. The summed E-state index contributed by atoms with van der Waals surface area (Å²) in [6, 6.07) is 7.12. The molecule has 0 aliphatic carbocycles. The van der Waals surface area contributed by atoms with Crippen molar-refractivity contribution in [3.63, 3.8) is 0 Å². The summed E-state index contributed by atoms with van der Waals surface area (Å²) in [6.45, 7) is 8.96. The molecule has 1 aliphatic rings. The zero-order chi connectivity index (χ0) is 19.1. The lowest BCUT2D eigenvalue weighted by atomic mass is 10.0. The van der Waals surface area contributed by atoms with Crippen LogP contribution in [0.25, 0.3) is 10.9 Å². The number of hydrogen-bond acceptors (Lipinski definition) is 2. The van der Waals surface area contributed by atoms with Crippen molar-refractivity contribution in [3.05, 3.63) is 35.5 Å². The molecular weight excluding hydrogens is 461 g/mol. The highest BCUT2D eigenvalue weighted by Crippen LogP contribution is 2.22. The molecule has 0 radical (unpaired) electrons. The summed E-state index contributed by atoms with van der Waals surface area (Å²) in [4.78, 5) is 10.4. The van der Waals surface area contributed by atoms with Crippen molar-refractivity contribution in [2.45, 2.75) is 52.0 Å². The van der Waals surface area contributed by atoms with Gasteiger partial charge >= 0.3 is 0 Å². The van der Waals surface area contributed by atoms with E-state index in [0.29, 0.717) is 6.04 Å². The lowest BCUT2D eigenvalue weighted by molar-refractivity contribution is 0.206. The smallest absolute Gasteiger partial charge is 0.191 e. The predicted octanol–water partition coefficient (Wildman–Crippen LogP) is 3.93. The number of aliphatic imine (C=N–C) groups is 1. The Hall–Kier alpha value is -1.28. The summed E-state index contributed by atoms with van der Waals surface area (Å²) in [5.74, 6) is 0.929. The first-order chi connectivity index (χ1) is 13.2. The quantitative estimate of drug-likeness (QED) is 0.309. The van der Waals surface area contributed by atoms with Crippen LogP contribution in [-0.2, 0) is 12.8 Å². The second-order valence-electron chi connectivity index (χ2n) is 7.52. The van der Waals surface area contributed by atoms with E-state index in [1.54, 1.807) is 0 Å². The first-order valence-electron chi connectivity index (χ1n) is 10.5. The molecule has 1 fully saturated rings. The van der Waals surface area contributed by atoms with Gasteiger partial charge in [-0.15, -0.1) is 24.0 Å². The van der Waals surface area contributed by atoms with Gasteiger partial charge in [-0.1, -0.05) is 32.0 Å². The summed E-state index contributed by atoms with van der Waals surface area (Å²) in [5, 5.41) is 8.45. The number of halogens is 1. The summed E-state index contributed by atoms with van der Waals surface area (Å²) in [5.41, 5.74) is 4.05. The minimum atomic E-state index is 0. The normalized spacial score (nSPS) is 16.2. The molecule has 0 saturated carbocycles. The number of guanidine groups is 1. The summed E-state index contributed by atoms with van der Waals surface area (Å²) in [6.07, 6.45) is 7.85. The number of rotatable bonds is 7. The molecular formula is C22H36IN5. The standard InChI is InChI=1S/C22H35N5.HI/c1-4-13-27-14-10-19(11-15-27)26-22(23-3)24-12-9-18-16-25-21-17(5-2)7-6-8-20(18)21;/h6-8,16,19,25H,4-5,9-15H2,1-3H3,(H2,23,24,26);1H. The van der Waals surface area contributed by atoms with Gasteiger partial charge in [0, 0.05) is 49.8 Å². The highest BCUT2D eigenvalue weighted by molar-refractivity contribution is 14.0. The zero-order valence-electron chi connectivity index (χ0n) is 17.6. The van der Waals surface area contributed by atoms with Crippen molar-refractivity contribution >= 4 is 40.8 Å². The Morgan fingerprint density at radius 1 is 1.21 bits per heavy atom. The van der Waals surface area contributed by atoms with E-state index in [2.05, 4.69) is 63.8 Å². The number of benzene rings is 1. The fourth-order valence-corrected chi connectivity index (χ4v) is 4.10. The molecule has 0 unspecified atom stereocenters. The van der Waals surface area contributed by atoms with Crippen molar-refractivity contribution in [2.75, 3.05) is 33.2 Å². The van der Waals surface area contributed by atoms with Crippen LogP contribution in [-0.4, -0.2) is 55.1 Å². The molecule has 0 amide bonds. The zero-order valence-corrected chi connectivity index (χ0v) is 19.9. The van der Waals surface area contributed by atoms with Gasteiger partial charge < -0.3 is 20.5 Å². The molecule has 0 spiro atoms. The Bertz CT molecular complexity index is 746. The van der Waals surface area contributed by atoms with Crippen molar-refractivity contribution in [3.8, 4) is 0 Å². The molecule has 28 heavy (non-hydrogen) atoms. The Balaban J connectivity index is 0.00000280. The first-order valence-corrected chi connectivity index (χ1v) is 10.5. The predicted molar refractivity (Wildman–Crippen MR) is 131 cm³/mol. The molecule has 3 N–H and O–H groups in total. The average Bonchev–Trinajstić information content (AvgIpc) is 3.12. The van der Waals surface area contributed by atoms with Crippen LogP contribution >= 0.6 is 24.0 Å². The number of H-pyrrole nitrogens is 1. The van der Waals surface area contributed by atoms with Crippen molar-refractivity contribution in [1.82, 2.24) is 20.5 Å². The van der Waals surface area contributed by atoms with Crippen LogP contribution < -0.4 is 10.6 Å². The number of aromatic nitrogens is 1. The first kappa shape index (κ1) is 23.0. The van der Waals surface area contributed by atoms with Crippen LogP contribution in [0.4, 0.5) is 0 Å². The number of likely N-dealkylation sites (tertiary alicyclic amines) is 1. The van der Waals surface area contributed by atoms with Gasteiger partial charge in [-0.3, -0.25) is 4.99 Å². The Kier molecular flexibility index (Phi) is 9.58. The number of nitrogens with one attached hydrogen (secondary N) is 3. The fourth-order valence-electron chi connectivity index (χ4n) is 4.10. The summed E-state index contributed by atoms with van der Waals surface area (Å²) >= 11 is 0. The molecule has 1 saturated heterocycles. The van der Waals surface area contributed by atoms with Gasteiger partial charge in [0.1, 0.15) is 0 Å². The van der Waals surface area contributed by atoms with E-state index in [1.165, 1.54) is 60.9 Å². The van der Waals surface area contributed by atoms with Crippen LogP contribution in [0, 0.1) is 0 Å². The van der Waals surface area contributed by atoms with Crippen molar-refractivity contribution in [1.29, 1.82) is 0 Å². The molecule has 1 aromatic carbocycles. The number of aromatic amines is 1. The molecule has 156 valence electrons. The van der Waals surface area contributed by atoms with Crippen LogP contribution in [0.15, 0.2) is 29.4 Å². The third-order valence-corrected chi connectivity index (χ3v) is 5.65. The fraction of sp³-hybridized carbons (Fsp3) is 0.591. The minimum Gasteiger partial charge on any atom is -0.361 e. The second-order valence-corrected chi connectivity index (χ2v) is 7.52. The van der Waals surface area contributed by atoms with Gasteiger partial charge in [-0.25, -0.2) is 0 Å². The molecule has 2 aromatic rings. The van der Waals surface area contributed by atoms with E-state index in [1.807, 2.05) is 7.05 Å². The van der Waals surface area contributed by atoms with E-state index < -0.39 is 0 Å². The molecule has 1 aliphatic heterocycles. The van der Waals surface area contributed by atoms with E-state index >= 15 is 0 Å². The van der Waals surface area contributed by atoms with Crippen LogP contribution in [0.1, 0.15) is 44.2 Å². The van der Waals surface area contributed by atoms with Gasteiger partial charge in [-0.05, 0) is 49.8 Å². The maximum Gasteiger partial charge on any atom is 0.191 e. The van der Waals surface area contributed by atoms with Crippen LogP contribution in [0.2, 0.25) is 0 Å². The summed E-state index contributed by atoms with van der Waals surface area (Å²) in [7, 11) is 1.86. The molecule has 0 bridgehead atoms. The van der Waals surface area contributed by atoms with Gasteiger partial charge in [-0.2, -0.15) is 0 Å². The number of nitrogens with zero attached hydrogens (tertiary/aromatic N) is 2. The van der Waals surface area contributed by atoms with Crippen LogP contribution in [0.3, 0.4) is 0 Å². The van der Waals surface area contributed by atoms with Gasteiger partial charge in [0.2, 0.25) is 0 Å². The lowest BCUT2D eigenvalue weighted by Crippen LogP contribution is -2.49. The van der Waals surface area contributed by atoms with Gasteiger partial charge in [0.15, 0.2) is 5.96 Å². The number of aryl methyl sites for hydroxylation is 1. The third kappa shape index (κ3) is 5.86. The largest absolute Gasteiger partial charge is 0.361 e. The number of fused-ring (bicyclic) bond motifs is 1. The van der Waals surface area contributed by atoms with E-state index in [9.17, 15) is 0 Å². The number of hydrogen-bond donors (Lipinski definition) is 3. The van der Waals surface area contributed by atoms with Crippen LogP contribution in [0.5, 0.6) is 0 Å². The molecule has 0 atom stereocenters. The summed E-state index contributed by atoms with van der Waals surface area (Å²) < 4.78 is 0. The molecule has 5 nitrogen and oxygen atoms in total. The van der Waals surface area contributed by atoms with E-state index in [-0.39, 0.29) is 24.0 Å². The molecule has 1 aromatic heterocycles. The van der Waals surface area contributed by atoms with Crippen molar-refractivity contribution < 1.29 is 0 Å². The SMILES string of the molecule is CCCN1CCC(NC(=NC)NCCc2c[nH]c3c(CC)cccc23)CC1.I. The van der Waals surface area contributed by atoms with Gasteiger partial charge in [0.05, 0.1) is 0 Å². The highest BCUT2D eigenvalue weighted by Gasteiger charge is 2.19. The number of piperidine rings is 1.